The maximum atomic E-state index is 10.6. The Balaban J connectivity index is 1.76. The van der Waals surface area contributed by atoms with Gasteiger partial charge in [0.15, 0.2) is 0 Å². The summed E-state index contributed by atoms with van der Waals surface area (Å²) in [5.41, 5.74) is 0. The highest BCUT2D eigenvalue weighted by Crippen LogP contribution is 2.33. The van der Waals surface area contributed by atoms with E-state index in [1.165, 1.54) is 12.8 Å². The van der Waals surface area contributed by atoms with Crippen LogP contribution < -0.4 is 0 Å². The molecule has 0 saturated heterocycles. The molecule has 0 aromatic carbocycles. The van der Waals surface area contributed by atoms with Crippen molar-refractivity contribution in [1.82, 2.24) is 0 Å². The van der Waals surface area contributed by atoms with Crippen molar-refractivity contribution in [2.24, 2.45) is 5.92 Å². The normalized spacial score (nSPS) is 35.3. The average molecular weight is 170 g/mol. The fourth-order valence-corrected chi connectivity index (χ4v) is 1.76. The van der Waals surface area contributed by atoms with E-state index < -0.39 is 5.97 Å². The maximum absolute atomic E-state index is 10.6. The Hall–Kier alpha value is -0.570. The van der Waals surface area contributed by atoms with Crippen LogP contribution in [0.3, 0.4) is 0 Å². The third-order valence-electron chi connectivity index (χ3n) is 2.64. The van der Waals surface area contributed by atoms with Crippen molar-refractivity contribution in [3.8, 4) is 0 Å². The zero-order valence-electron chi connectivity index (χ0n) is 7.03. The third kappa shape index (κ3) is 1.78. The smallest absolute Gasteiger partial charge is 0.306 e. The lowest BCUT2D eigenvalue weighted by Gasteiger charge is -2.09. The first-order chi connectivity index (χ1) is 5.75. The van der Waals surface area contributed by atoms with Gasteiger partial charge in [-0.15, -0.1) is 0 Å². The quantitative estimate of drug-likeness (QED) is 0.696. The van der Waals surface area contributed by atoms with Gasteiger partial charge in [0, 0.05) is 0 Å². The van der Waals surface area contributed by atoms with E-state index in [-0.39, 0.29) is 12.0 Å². The summed E-state index contributed by atoms with van der Waals surface area (Å²) in [6.07, 6.45) is 5.51. The number of aliphatic carboxylic acids is 1. The fourth-order valence-electron chi connectivity index (χ4n) is 1.76. The van der Waals surface area contributed by atoms with Crippen LogP contribution in [0.15, 0.2) is 0 Å². The van der Waals surface area contributed by atoms with Crippen molar-refractivity contribution < 1.29 is 14.6 Å². The van der Waals surface area contributed by atoms with Gasteiger partial charge in [-0.05, 0) is 32.1 Å². The fraction of sp³-hybridized carbons (Fsp3) is 0.889. The number of carbonyl (C=O) groups is 1. The second-order valence-corrected chi connectivity index (χ2v) is 3.81. The van der Waals surface area contributed by atoms with Crippen LogP contribution in [-0.2, 0) is 9.53 Å². The van der Waals surface area contributed by atoms with Crippen molar-refractivity contribution in [3.05, 3.63) is 0 Å². The monoisotopic (exact) mass is 170 g/mol. The Morgan fingerprint density at radius 3 is 2.33 bits per heavy atom. The van der Waals surface area contributed by atoms with Crippen molar-refractivity contribution in [2.75, 3.05) is 0 Å². The number of hydrogen-bond donors (Lipinski definition) is 1. The molecule has 2 aliphatic rings. The SMILES string of the molecule is O=C(O)C1CCC(OC2CC2)C1. The van der Waals surface area contributed by atoms with Gasteiger partial charge in [-0.2, -0.15) is 0 Å². The van der Waals surface area contributed by atoms with Gasteiger partial charge in [-0.1, -0.05) is 0 Å². The number of ether oxygens (including phenoxy) is 1. The van der Waals surface area contributed by atoms with Crippen LogP contribution in [0.25, 0.3) is 0 Å². The summed E-state index contributed by atoms with van der Waals surface area (Å²) in [5, 5.41) is 8.73. The molecule has 0 radical (unpaired) electrons. The molecular formula is C9H14O3. The summed E-state index contributed by atoms with van der Waals surface area (Å²) in [6.45, 7) is 0. The highest BCUT2D eigenvalue weighted by molar-refractivity contribution is 5.70. The highest BCUT2D eigenvalue weighted by atomic mass is 16.5. The molecular weight excluding hydrogens is 156 g/mol. The first-order valence-corrected chi connectivity index (χ1v) is 4.64. The lowest BCUT2D eigenvalue weighted by atomic mass is 10.1. The van der Waals surface area contributed by atoms with Gasteiger partial charge in [0.25, 0.3) is 0 Å². The predicted molar refractivity (Wildman–Crippen MR) is 42.9 cm³/mol. The second kappa shape index (κ2) is 3.05. The molecule has 2 fully saturated rings. The first-order valence-electron chi connectivity index (χ1n) is 4.64. The molecule has 2 atom stereocenters. The molecule has 12 heavy (non-hydrogen) atoms. The van der Waals surface area contributed by atoms with Crippen molar-refractivity contribution >= 4 is 5.97 Å². The minimum atomic E-state index is -0.656. The number of carboxylic acid groups (broad SMARTS) is 1. The van der Waals surface area contributed by atoms with Crippen molar-refractivity contribution in [3.63, 3.8) is 0 Å². The van der Waals surface area contributed by atoms with E-state index >= 15 is 0 Å². The first kappa shape index (κ1) is 8.05. The van der Waals surface area contributed by atoms with E-state index in [4.69, 9.17) is 9.84 Å². The third-order valence-corrected chi connectivity index (χ3v) is 2.64. The Bertz CT molecular complexity index is 186. The number of rotatable bonds is 3. The molecule has 0 heterocycles. The molecule has 3 heteroatoms. The van der Waals surface area contributed by atoms with E-state index in [0.29, 0.717) is 6.10 Å². The Morgan fingerprint density at radius 1 is 1.17 bits per heavy atom. The molecule has 0 aromatic rings. The predicted octanol–water partition coefficient (Wildman–Crippen LogP) is 1.42. The van der Waals surface area contributed by atoms with E-state index in [1.807, 2.05) is 0 Å². The van der Waals surface area contributed by atoms with Gasteiger partial charge in [-0.25, -0.2) is 0 Å². The van der Waals surface area contributed by atoms with Gasteiger partial charge >= 0.3 is 5.97 Å². The molecule has 0 aliphatic heterocycles. The summed E-state index contributed by atoms with van der Waals surface area (Å²) in [4.78, 5) is 10.6. The summed E-state index contributed by atoms with van der Waals surface area (Å²) in [5.74, 6) is -0.800. The molecule has 2 saturated carbocycles. The Morgan fingerprint density at radius 2 is 1.83 bits per heavy atom. The maximum Gasteiger partial charge on any atom is 0.306 e. The minimum Gasteiger partial charge on any atom is -0.481 e. The van der Waals surface area contributed by atoms with Gasteiger partial charge in [-0.3, -0.25) is 4.79 Å². The minimum absolute atomic E-state index is 0.145. The number of hydrogen-bond acceptors (Lipinski definition) is 2. The van der Waals surface area contributed by atoms with Crippen LogP contribution in [0.4, 0.5) is 0 Å². The van der Waals surface area contributed by atoms with Gasteiger partial charge < -0.3 is 9.84 Å². The zero-order valence-corrected chi connectivity index (χ0v) is 7.03. The summed E-state index contributed by atoms with van der Waals surface area (Å²) >= 11 is 0. The second-order valence-electron chi connectivity index (χ2n) is 3.81. The van der Waals surface area contributed by atoms with E-state index in [1.54, 1.807) is 0 Å². The van der Waals surface area contributed by atoms with Crippen LogP contribution in [-0.4, -0.2) is 23.3 Å². The van der Waals surface area contributed by atoms with Crippen LogP contribution in [0, 0.1) is 5.92 Å². The summed E-state index contributed by atoms with van der Waals surface area (Å²) < 4.78 is 5.64. The topological polar surface area (TPSA) is 46.5 Å². The van der Waals surface area contributed by atoms with E-state index in [9.17, 15) is 4.79 Å². The van der Waals surface area contributed by atoms with Gasteiger partial charge in [0.05, 0.1) is 18.1 Å². The number of carboxylic acids is 1. The van der Waals surface area contributed by atoms with Crippen molar-refractivity contribution in [2.45, 2.75) is 44.3 Å². The highest BCUT2D eigenvalue weighted by Gasteiger charge is 2.34. The van der Waals surface area contributed by atoms with Crippen molar-refractivity contribution in [1.29, 1.82) is 0 Å². The van der Waals surface area contributed by atoms with Gasteiger partial charge in [0.1, 0.15) is 0 Å². The lowest BCUT2D eigenvalue weighted by molar-refractivity contribution is -0.141. The summed E-state index contributed by atoms with van der Waals surface area (Å²) in [6, 6.07) is 0. The van der Waals surface area contributed by atoms with Crippen LogP contribution in [0.5, 0.6) is 0 Å². The molecule has 1 N–H and O–H groups in total. The average Bonchev–Trinajstić information content (AvgIpc) is 2.66. The molecule has 0 amide bonds. The molecule has 2 aliphatic carbocycles. The zero-order chi connectivity index (χ0) is 8.55. The molecule has 2 unspecified atom stereocenters. The molecule has 68 valence electrons. The molecule has 3 nitrogen and oxygen atoms in total. The van der Waals surface area contributed by atoms with Crippen LogP contribution >= 0.6 is 0 Å². The molecule has 2 rings (SSSR count). The molecule has 0 bridgehead atoms. The van der Waals surface area contributed by atoms with Gasteiger partial charge in [0.2, 0.25) is 0 Å². The molecule has 0 aromatic heterocycles. The Kier molecular flexibility index (Phi) is 2.05. The lowest BCUT2D eigenvalue weighted by Crippen LogP contribution is -2.14. The van der Waals surface area contributed by atoms with Crippen LogP contribution in [0.1, 0.15) is 32.1 Å². The van der Waals surface area contributed by atoms with E-state index in [0.717, 1.165) is 19.3 Å². The standard InChI is InChI=1S/C9H14O3/c10-9(11)6-1-2-8(5-6)12-7-3-4-7/h6-8H,1-5H2,(H,10,11). The largest absolute Gasteiger partial charge is 0.481 e. The Labute approximate surface area is 71.7 Å². The van der Waals surface area contributed by atoms with Crippen LogP contribution in [0.2, 0.25) is 0 Å². The molecule has 0 spiro atoms. The van der Waals surface area contributed by atoms with E-state index in [2.05, 4.69) is 0 Å². The summed E-state index contributed by atoms with van der Waals surface area (Å²) in [7, 11) is 0.